The standard InChI is InChI=1S/C20H20BrN3O3/c1-20(2)23-18(13-4-10-16(27-3)11-5-13)19(26)24(20)12-17(25)22-15-8-6-14(21)7-9-15/h4-11H,12H2,1-3H3,(H,22,25). The van der Waals surface area contributed by atoms with E-state index in [2.05, 4.69) is 26.2 Å². The predicted molar refractivity (Wildman–Crippen MR) is 108 cm³/mol. The molecule has 27 heavy (non-hydrogen) atoms. The molecule has 2 aromatic carbocycles. The summed E-state index contributed by atoms with van der Waals surface area (Å²) in [5.74, 6) is 0.163. The number of aliphatic imine (C=N–C) groups is 1. The number of methoxy groups -OCH3 is 1. The van der Waals surface area contributed by atoms with E-state index in [1.807, 2.05) is 26.0 Å². The molecular weight excluding hydrogens is 410 g/mol. The van der Waals surface area contributed by atoms with E-state index < -0.39 is 5.66 Å². The number of amides is 2. The highest BCUT2D eigenvalue weighted by atomic mass is 79.9. The van der Waals surface area contributed by atoms with Crippen LogP contribution in [0.15, 0.2) is 58.0 Å². The molecule has 1 aliphatic heterocycles. The van der Waals surface area contributed by atoms with Crippen molar-refractivity contribution in [2.24, 2.45) is 4.99 Å². The maximum atomic E-state index is 12.9. The van der Waals surface area contributed by atoms with Gasteiger partial charge in [-0.05, 0) is 62.4 Å². The zero-order chi connectivity index (χ0) is 19.6. The number of benzene rings is 2. The molecule has 1 heterocycles. The molecule has 0 fully saturated rings. The highest BCUT2D eigenvalue weighted by Crippen LogP contribution is 2.27. The molecule has 0 bridgehead atoms. The Balaban J connectivity index is 1.73. The smallest absolute Gasteiger partial charge is 0.275 e. The number of rotatable bonds is 5. The molecular formula is C20H20BrN3O3. The van der Waals surface area contributed by atoms with E-state index >= 15 is 0 Å². The third-order valence-corrected chi connectivity index (χ3v) is 4.82. The van der Waals surface area contributed by atoms with Gasteiger partial charge in [-0.25, -0.2) is 0 Å². The van der Waals surface area contributed by atoms with Gasteiger partial charge in [0.25, 0.3) is 5.91 Å². The molecule has 0 saturated carbocycles. The number of halogens is 1. The molecule has 0 atom stereocenters. The van der Waals surface area contributed by atoms with Crippen molar-refractivity contribution in [1.82, 2.24) is 4.90 Å². The average Bonchev–Trinajstić information content (AvgIpc) is 2.87. The molecule has 1 N–H and O–H groups in total. The van der Waals surface area contributed by atoms with E-state index in [4.69, 9.17) is 4.74 Å². The minimum atomic E-state index is -0.802. The number of anilines is 1. The Labute approximate surface area is 166 Å². The molecule has 2 aromatic rings. The summed E-state index contributed by atoms with van der Waals surface area (Å²) in [5.41, 5.74) is 0.913. The van der Waals surface area contributed by atoms with Crippen molar-refractivity contribution in [1.29, 1.82) is 0 Å². The maximum absolute atomic E-state index is 12.9. The van der Waals surface area contributed by atoms with E-state index in [0.717, 1.165) is 4.47 Å². The van der Waals surface area contributed by atoms with Gasteiger partial charge in [-0.3, -0.25) is 14.6 Å². The van der Waals surface area contributed by atoms with Gasteiger partial charge in [-0.2, -0.15) is 0 Å². The summed E-state index contributed by atoms with van der Waals surface area (Å²) in [6, 6.07) is 14.4. The maximum Gasteiger partial charge on any atom is 0.275 e. The molecule has 0 saturated heterocycles. The molecule has 0 aromatic heterocycles. The molecule has 0 spiro atoms. The summed E-state index contributed by atoms with van der Waals surface area (Å²) in [6.07, 6.45) is 0. The van der Waals surface area contributed by atoms with E-state index in [0.29, 0.717) is 22.7 Å². The Bertz CT molecular complexity index is 890. The van der Waals surface area contributed by atoms with Crippen molar-refractivity contribution < 1.29 is 14.3 Å². The third-order valence-electron chi connectivity index (χ3n) is 4.29. The van der Waals surface area contributed by atoms with Gasteiger partial charge >= 0.3 is 0 Å². The minimum absolute atomic E-state index is 0.0783. The highest BCUT2D eigenvalue weighted by Gasteiger charge is 2.41. The molecule has 6 nitrogen and oxygen atoms in total. The second-order valence-electron chi connectivity index (χ2n) is 6.63. The number of carbonyl (C=O) groups excluding carboxylic acids is 2. The fourth-order valence-electron chi connectivity index (χ4n) is 2.84. The molecule has 0 unspecified atom stereocenters. The fraction of sp³-hybridized carbons (Fsp3) is 0.250. The Morgan fingerprint density at radius 3 is 2.37 bits per heavy atom. The molecule has 0 radical (unpaired) electrons. The van der Waals surface area contributed by atoms with Gasteiger partial charge in [0.2, 0.25) is 5.91 Å². The normalized spacial score (nSPS) is 15.5. The van der Waals surface area contributed by atoms with Gasteiger partial charge in [-0.15, -0.1) is 0 Å². The summed E-state index contributed by atoms with van der Waals surface area (Å²) in [7, 11) is 1.59. The SMILES string of the molecule is COc1ccc(C2=NC(C)(C)N(CC(=O)Nc3ccc(Br)cc3)C2=O)cc1. The second kappa shape index (κ2) is 7.52. The van der Waals surface area contributed by atoms with Crippen LogP contribution in [0.5, 0.6) is 5.75 Å². The van der Waals surface area contributed by atoms with Crippen LogP contribution in [-0.4, -0.2) is 41.7 Å². The van der Waals surface area contributed by atoms with Gasteiger partial charge in [0.1, 0.15) is 23.7 Å². The number of ether oxygens (including phenoxy) is 1. The van der Waals surface area contributed by atoms with E-state index in [1.54, 1.807) is 43.5 Å². The predicted octanol–water partition coefficient (Wildman–Crippen LogP) is 3.46. The lowest BCUT2D eigenvalue weighted by Gasteiger charge is -2.28. The van der Waals surface area contributed by atoms with Crippen LogP contribution < -0.4 is 10.1 Å². The largest absolute Gasteiger partial charge is 0.497 e. The Morgan fingerprint density at radius 2 is 1.78 bits per heavy atom. The van der Waals surface area contributed by atoms with Crippen molar-refractivity contribution in [2.45, 2.75) is 19.5 Å². The van der Waals surface area contributed by atoms with Crippen molar-refractivity contribution in [3.63, 3.8) is 0 Å². The summed E-state index contributed by atoms with van der Waals surface area (Å²) in [6.45, 7) is 3.55. The fourth-order valence-corrected chi connectivity index (χ4v) is 3.10. The Hall–Kier alpha value is -2.67. The monoisotopic (exact) mass is 429 g/mol. The van der Waals surface area contributed by atoms with Crippen LogP contribution >= 0.6 is 15.9 Å². The van der Waals surface area contributed by atoms with Gasteiger partial charge in [0.15, 0.2) is 0 Å². The van der Waals surface area contributed by atoms with Gasteiger partial charge in [0.05, 0.1) is 7.11 Å². The lowest BCUT2D eigenvalue weighted by molar-refractivity contribution is -0.131. The first-order valence-electron chi connectivity index (χ1n) is 8.42. The van der Waals surface area contributed by atoms with Gasteiger partial charge in [0, 0.05) is 15.7 Å². The van der Waals surface area contributed by atoms with E-state index in [-0.39, 0.29) is 18.4 Å². The van der Waals surface area contributed by atoms with Crippen LogP contribution in [0.2, 0.25) is 0 Å². The van der Waals surface area contributed by atoms with Crippen LogP contribution in [-0.2, 0) is 9.59 Å². The third kappa shape index (κ3) is 4.19. The number of hydrogen-bond acceptors (Lipinski definition) is 4. The van der Waals surface area contributed by atoms with Crippen LogP contribution in [0.3, 0.4) is 0 Å². The topological polar surface area (TPSA) is 71.0 Å². The van der Waals surface area contributed by atoms with Crippen LogP contribution in [0.4, 0.5) is 5.69 Å². The van der Waals surface area contributed by atoms with Crippen LogP contribution in [0.25, 0.3) is 0 Å². The number of nitrogens with zero attached hydrogens (tertiary/aromatic N) is 2. The van der Waals surface area contributed by atoms with Gasteiger partial charge < -0.3 is 15.0 Å². The number of carbonyl (C=O) groups is 2. The summed E-state index contributed by atoms with van der Waals surface area (Å²) < 4.78 is 6.07. The van der Waals surface area contributed by atoms with Gasteiger partial charge in [-0.1, -0.05) is 15.9 Å². The molecule has 140 valence electrons. The summed E-state index contributed by atoms with van der Waals surface area (Å²) in [5, 5.41) is 2.80. The van der Waals surface area contributed by atoms with Crippen molar-refractivity contribution in [3.8, 4) is 5.75 Å². The quantitative estimate of drug-likeness (QED) is 0.790. The zero-order valence-electron chi connectivity index (χ0n) is 15.3. The average molecular weight is 430 g/mol. The number of hydrogen-bond donors (Lipinski definition) is 1. The molecule has 1 aliphatic rings. The molecule has 3 rings (SSSR count). The Morgan fingerprint density at radius 1 is 1.15 bits per heavy atom. The molecule has 7 heteroatoms. The first kappa shape index (κ1) is 19.1. The molecule has 0 aliphatic carbocycles. The summed E-state index contributed by atoms with van der Waals surface area (Å²) >= 11 is 3.35. The van der Waals surface area contributed by atoms with Crippen molar-refractivity contribution >= 4 is 39.1 Å². The number of nitrogens with one attached hydrogen (secondary N) is 1. The zero-order valence-corrected chi connectivity index (χ0v) is 16.9. The summed E-state index contributed by atoms with van der Waals surface area (Å²) in [4.78, 5) is 31.3. The first-order valence-corrected chi connectivity index (χ1v) is 9.21. The van der Waals surface area contributed by atoms with Crippen LogP contribution in [0.1, 0.15) is 19.4 Å². The lowest BCUT2D eigenvalue weighted by Crippen LogP contribution is -2.46. The minimum Gasteiger partial charge on any atom is -0.497 e. The Kier molecular flexibility index (Phi) is 5.32. The molecule has 2 amide bonds. The second-order valence-corrected chi connectivity index (χ2v) is 7.55. The van der Waals surface area contributed by atoms with Crippen molar-refractivity contribution in [3.05, 3.63) is 58.6 Å². The van der Waals surface area contributed by atoms with Crippen LogP contribution in [0, 0.1) is 0 Å². The lowest BCUT2D eigenvalue weighted by atomic mass is 10.1. The van der Waals surface area contributed by atoms with Crippen molar-refractivity contribution in [2.75, 3.05) is 19.0 Å². The van der Waals surface area contributed by atoms with E-state index in [1.165, 1.54) is 4.90 Å². The first-order chi connectivity index (χ1) is 12.8. The highest BCUT2D eigenvalue weighted by molar-refractivity contribution is 9.10. The van der Waals surface area contributed by atoms with E-state index in [9.17, 15) is 9.59 Å².